The van der Waals surface area contributed by atoms with Gasteiger partial charge in [-0.25, -0.2) is 9.37 Å². The molecule has 0 saturated carbocycles. The number of hydrogen-bond acceptors (Lipinski definition) is 6. The number of para-hydroxylation sites is 1. The first-order chi connectivity index (χ1) is 14.2. The fraction of sp³-hybridized carbons (Fsp3) is 0.524. The number of nitrogens with zero attached hydrogens (tertiary/aromatic N) is 4. The highest BCUT2D eigenvalue weighted by atomic mass is 19.1. The average Bonchev–Trinajstić information content (AvgIpc) is 3.41. The lowest BCUT2D eigenvalue weighted by Gasteiger charge is -2.35. The standard InChI is InChI=1S/C21H28FN5O2/c22-17-5-1-2-6-19(17)27-13-11-26(12-14-27)15-20-24-18(16-29-20)21(28)23-7-10-25-8-3-4-9-25/h1-2,5-6,16H,3-4,7-15H2,(H,23,28). The number of nitrogens with one attached hydrogen (secondary N) is 1. The largest absolute Gasteiger partial charge is 0.447 e. The number of piperazine rings is 1. The Morgan fingerprint density at radius 3 is 2.59 bits per heavy atom. The summed E-state index contributed by atoms with van der Waals surface area (Å²) in [6.07, 6.45) is 3.92. The van der Waals surface area contributed by atoms with Crippen molar-refractivity contribution in [1.29, 1.82) is 0 Å². The number of benzene rings is 1. The Bertz CT molecular complexity index is 813. The molecule has 2 aliphatic rings. The summed E-state index contributed by atoms with van der Waals surface area (Å²) >= 11 is 0. The Balaban J connectivity index is 1.22. The van der Waals surface area contributed by atoms with Crippen molar-refractivity contribution < 1.29 is 13.6 Å². The summed E-state index contributed by atoms with van der Waals surface area (Å²) in [5.74, 6) is 0.159. The van der Waals surface area contributed by atoms with Gasteiger partial charge in [0.2, 0.25) is 5.89 Å². The molecule has 1 aromatic carbocycles. The minimum atomic E-state index is -0.191. The lowest BCUT2D eigenvalue weighted by Crippen LogP contribution is -2.46. The quantitative estimate of drug-likeness (QED) is 0.765. The zero-order valence-corrected chi connectivity index (χ0v) is 16.6. The fourth-order valence-corrected chi connectivity index (χ4v) is 3.96. The van der Waals surface area contributed by atoms with Crippen molar-refractivity contribution in [3.05, 3.63) is 47.9 Å². The third-order valence-corrected chi connectivity index (χ3v) is 5.62. The third kappa shape index (κ3) is 5.13. The van der Waals surface area contributed by atoms with Crippen LogP contribution in [0.1, 0.15) is 29.2 Å². The van der Waals surface area contributed by atoms with Gasteiger partial charge in [0.05, 0.1) is 12.2 Å². The summed E-state index contributed by atoms with van der Waals surface area (Å²) < 4.78 is 19.5. The summed E-state index contributed by atoms with van der Waals surface area (Å²) in [5, 5.41) is 2.91. The lowest BCUT2D eigenvalue weighted by atomic mass is 10.2. The first-order valence-electron chi connectivity index (χ1n) is 10.4. The SMILES string of the molecule is O=C(NCCN1CCCC1)c1coc(CN2CCN(c3ccccc3F)CC2)n1. The maximum atomic E-state index is 14.0. The fourth-order valence-electron chi connectivity index (χ4n) is 3.96. The van der Waals surface area contributed by atoms with Crippen molar-refractivity contribution in [2.24, 2.45) is 0 Å². The average molecular weight is 401 g/mol. The van der Waals surface area contributed by atoms with E-state index in [1.54, 1.807) is 6.07 Å². The van der Waals surface area contributed by atoms with Crippen molar-refractivity contribution in [1.82, 2.24) is 20.1 Å². The topological polar surface area (TPSA) is 64.9 Å². The molecule has 1 aromatic heterocycles. The van der Waals surface area contributed by atoms with Crippen molar-refractivity contribution >= 4 is 11.6 Å². The smallest absolute Gasteiger partial charge is 0.273 e. The molecule has 0 spiro atoms. The predicted molar refractivity (Wildman–Crippen MR) is 108 cm³/mol. The van der Waals surface area contributed by atoms with Gasteiger partial charge in [-0.15, -0.1) is 0 Å². The molecule has 29 heavy (non-hydrogen) atoms. The van der Waals surface area contributed by atoms with Crippen LogP contribution in [0.3, 0.4) is 0 Å². The zero-order valence-electron chi connectivity index (χ0n) is 16.6. The maximum absolute atomic E-state index is 14.0. The van der Waals surface area contributed by atoms with Crippen LogP contribution < -0.4 is 10.2 Å². The van der Waals surface area contributed by atoms with Crippen molar-refractivity contribution in [2.45, 2.75) is 19.4 Å². The van der Waals surface area contributed by atoms with Gasteiger partial charge in [0.15, 0.2) is 5.69 Å². The van der Waals surface area contributed by atoms with Gasteiger partial charge < -0.3 is 19.5 Å². The van der Waals surface area contributed by atoms with Crippen LogP contribution in [0.2, 0.25) is 0 Å². The lowest BCUT2D eigenvalue weighted by molar-refractivity contribution is 0.0944. The molecule has 0 unspecified atom stereocenters. The highest BCUT2D eigenvalue weighted by Crippen LogP contribution is 2.20. The molecule has 2 saturated heterocycles. The Hall–Kier alpha value is -2.45. The van der Waals surface area contributed by atoms with Gasteiger partial charge in [0.25, 0.3) is 5.91 Å². The second-order valence-electron chi connectivity index (χ2n) is 7.65. The van der Waals surface area contributed by atoms with E-state index in [1.807, 2.05) is 12.1 Å². The second-order valence-corrected chi connectivity index (χ2v) is 7.65. The van der Waals surface area contributed by atoms with Gasteiger partial charge in [-0.05, 0) is 38.1 Å². The van der Waals surface area contributed by atoms with Crippen molar-refractivity contribution in [3.63, 3.8) is 0 Å². The van der Waals surface area contributed by atoms with Crippen molar-refractivity contribution in [2.75, 3.05) is 57.3 Å². The van der Waals surface area contributed by atoms with E-state index >= 15 is 0 Å². The second kappa shape index (κ2) is 9.37. The summed E-state index contributed by atoms with van der Waals surface area (Å²) in [7, 11) is 0. The molecule has 3 heterocycles. The van der Waals surface area contributed by atoms with E-state index in [9.17, 15) is 9.18 Å². The number of aromatic nitrogens is 1. The molecule has 4 rings (SSSR count). The molecule has 0 atom stereocenters. The summed E-state index contributed by atoms with van der Waals surface area (Å²) in [5.41, 5.74) is 0.975. The van der Waals surface area contributed by atoms with E-state index in [0.29, 0.717) is 30.4 Å². The summed E-state index contributed by atoms with van der Waals surface area (Å²) in [6, 6.07) is 6.87. The van der Waals surface area contributed by atoms with E-state index < -0.39 is 0 Å². The number of amides is 1. The van der Waals surface area contributed by atoms with Gasteiger partial charge >= 0.3 is 0 Å². The van der Waals surface area contributed by atoms with Crippen LogP contribution in [0.5, 0.6) is 0 Å². The van der Waals surface area contributed by atoms with Gasteiger partial charge in [-0.1, -0.05) is 12.1 Å². The monoisotopic (exact) mass is 401 g/mol. The molecule has 156 valence electrons. The van der Waals surface area contributed by atoms with Crippen molar-refractivity contribution in [3.8, 4) is 0 Å². The van der Waals surface area contributed by atoms with E-state index in [-0.39, 0.29) is 11.7 Å². The van der Waals surface area contributed by atoms with Crippen LogP contribution in [0.25, 0.3) is 0 Å². The van der Waals surface area contributed by atoms with E-state index in [0.717, 1.165) is 45.8 Å². The molecule has 1 N–H and O–H groups in total. The third-order valence-electron chi connectivity index (χ3n) is 5.62. The maximum Gasteiger partial charge on any atom is 0.273 e. The Labute approximate surface area is 170 Å². The van der Waals surface area contributed by atoms with Gasteiger partial charge in [-0.3, -0.25) is 9.69 Å². The number of halogens is 1. The molecule has 0 radical (unpaired) electrons. The molecule has 0 bridgehead atoms. The first kappa shape index (κ1) is 19.8. The molecule has 7 nitrogen and oxygen atoms in total. The molecule has 2 aliphatic heterocycles. The van der Waals surface area contributed by atoms with Crippen LogP contribution in [0.4, 0.5) is 10.1 Å². The number of hydrogen-bond donors (Lipinski definition) is 1. The number of rotatable bonds is 7. The van der Waals surface area contributed by atoms with E-state index in [2.05, 4.69) is 25.0 Å². The zero-order chi connectivity index (χ0) is 20.1. The molecule has 0 aliphatic carbocycles. The molecule has 1 amide bonds. The number of anilines is 1. The normalized spacial score (nSPS) is 18.3. The van der Waals surface area contributed by atoms with Gasteiger partial charge in [0, 0.05) is 39.3 Å². The summed E-state index contributed by atoms with van der Waals surface area (Å²) in [4.78, 5) is 23.2. The minimum absolute atomic E-state index is 0.186. The molecule has 2 aromatic rings. The highest BCUT2D eigenvalue weighted by Gasteiger charge is 2.21. The van der Waals surface area contributed by atoms with Crippen LogP contribution in [-0.2, 0) is 6.54 Å². The molecule has 2 fully saturated rings. The van der Waals surface area contributed by atoms with Crippen LogP contribution in [-0.4, -0.2) is 73.0 Å². The summed E-state index contributed by atoms with van der Waals surface area (Å²) in [6.45, 7) is 7.34. The predicted octanol–water partition coefficient (Wildman–Crippen LogP) is 1.96. The molecular weight excluding hydrogens is 373 g/mol. The van der Waals surface area contributed by atoms with Crippen LogP contribution in [0.15, 0.2) is 34.9 Å². The van der Waals surface area contributed by atoms with E-state index in [4.69, 9.17) is 4.42 Å². The van der Waals surface area contributed by atoms with Crippen LogP contribution >= 0.6 is 0 Å². The Morgan fingerprint density at radius 2 is 1.83 bits per heavy atom. The van der Waals surface area contributed by atoms with Gasteiger partial charge in [0.1, 0.15) is 12.1 Å². The number of likely N-dealkylation sites (tertiary alicyclic amines) is 1. The Morgan fingerprint density at radius 1 is 1.07 bits per heavy atom. The van der Waals surface area contributed by atoms with E-state index in [1.165, 1.54) is 25.2 Å². The first-order valence-corrected chi connectivity index (χ1v) is 10.4. The number of carbonyl (C=O) groups is 1. The number of oxazole rings is 1. The minimum Gasteiger partial charge on any atom is -0.447 e. The molecular formula is C21H28FN5O2. The Kier molecular flexibility index (Phi) is 6.41. The highest BCUT2D eigenvalue weighted by molar-refractivity contribution is 5.91. The van der Waals surface area contributed by atoms with Crippen LogP contribution in [0, 0.1) is 5.82 Å². The van der Waals surface area contributed by atoms with Gasteiger partial charge in [-0.2, -0.15) is 0 Å². The number of carbonyl (C=O) groups excluding carboxylic acids is 1. The molecule has 8 heteroatoms.